The van der Waals surface area contributed by atoms with Gasteiger partial charge in [0.25, 0.3) is 0 Å². The van der Waals surface area contributed by atoms with Crippen LogP contribution >= 0.6 is 0 Å². The first-order valence-corrected chi connectivity index (χ1v) is 6.55. The zero-order chi connectivity index (χ0) is 13.6. The van der Waals surface area contributed by atoms with Crippen LogP contribution < -0.4 is 0 Å². The van der Waals surface area contributed by atoms with Gasteiger partial charge in [0.2, 0.25) is 0 Å². The van der Waals surface area contributed by atoms with Gasteiger partial charge in [0.15, 0.2) is 5.82 Å². The normalized spacial score (nSPS) is 25.0. The first-order valence-electron chi connectivity index (χ1n) is 6.55. The fraction of sp³-hybridized carbons (Fsp3) is 0.923. The summed E-state index contributed by atoms with van der Waals surface area (Å²) in [6.45, 7) is 8.90. The zero-order valence-electron chi connectivity index (χ0n) is 12.1. The van der Waals surface area contributed by atoms with Crippen molar-refractivity contribution in [3.8, 4) is 0 Å². The highest BCUT2D eigenvalue weighted by Crippen LogP contribution is 2.50. The molecule has 0 unspecified atom stereocenters. The summed E-state index contributed by atoms with van der Waals surface area (Å²) in [6, 6.07) is 0. The van der Waals surface area contributed by atoms with Crippen molar-refractivity contribution in [1.29, 1.82) is 0 Å². The van der Waals surface area contributed by atoms with Crippen molar-refractivity contribution in [1.82, 2.24) is 20.2 Å². The molecule has 1 aliphatic rings. The lowest BCUT2D eigenvalue weighted by molar-refractivity contribution is -0.0861. The molecule has 1 aromatic heterocycles. The van der Waals surface area contributed by atoms with E-state index in [0.29, 0.717) is 12.2 Å². The number of rotatable bonds is 2. The van der Waals surface area contributed by atoms with Crippen LogP contribution in [0.5, 0.6) is 0 Å². The summed E-state index contributed by atoms with van der Waals surface area (Å²) in [7, 11) is 1.75. The van der Waals surface area contributed by atoms with Gasteiger partial charge in [-0.25, -0.2) is 0 Å². The first-order chi connectivity index (χ1) is 8.09. The molecular weight excluding hydrogens is 228 g/mol. The summed E-state index contributed by atoms with van der Waals surface area (Å²) in [5, 5.41) is 22.9. The average Bonchev–Trinajstić information content (AvgIpc) is 2.42. The maximum absolute atomic E-state index is 10.9. The highest BCUT2D eigenvalue weighted by molar-refractivity contribution is 5.02. The number of hydrogen-bond acceptors (Lipinski definition) is 4. The van der Waals surface area contributed by atoms with Gasteiger partial charge in [-0.05, 0) is 35.3 Å². The molecule has 1 heterocycles. The van der Waals surface area contributed by atoms with Crippen molar-refractivity contribution in [2.75, 3.05) is 0 Å². The molecule has 1 N–H and O–H groups in total. The molecule has 0 aromatic carbocycles. The molecular formula is C13H24N4O. The SMILES string of the molecule is Cn1nnc(CC2(O)CC(C)(C)CC(C)(C)C2)n1. The minimum atomic E-state index is -0.714. The number of aryl methyl sites for hydroxylation is 1. The fourth-order valence-corrected chi connectivity index (χ4v) is 4.08. The van der Waals surface area contributed by atoms with Crippen molar-refractivity contribution in [2.24, 2.45) is 17.9 Å². The van der Waals surface area contributed by atoms with Gasteiger partial charge >= 0.3 is 0 Å². The lowest BCUT2D eigenvalue weighted by Gasteiger charge is -2.49. The van der Waals surface area contributed by atoms with Crippen LogP contribution in [0.25, 0.3) is 0 Å². The van der Waals surface area contributed by atoms with E-state index >= 15 is 0 Å². The average molecular weight is 252 g/mol. The van der Waals surface area contributed by atoms with Gasteiger partial charge in [-0.15, -0.1) is 10.2 Å². The van der Waals surface area contributed by atoms with E-state index in [9.17, 15) is 5.11 Å². The monoisotopic (exact) mass is 252 g/mol. The number of tetrazole rings is 1. The van der Waals surface area contributed by atoms with Crippen LogP contribution in [0.3, 0.4) is 0 Å². The Morgan fingerprint density at radius 3 is 2.11 bits per heavy atom. The van der Waals surface area contributed by atoms with Gasteiger partial charge in [0.1, 0.15) is 0 Å². The molecule has 2 rings (SSSR count). The molecule has 0 radical (unpaired) electrons. The first kappa shape index (κ1) is 13.5. The Labute approximate surface area is 109 Å². The summed E-state index contributed by atoms with van der Waals surface area (Å²) in [5.41, 5.74) is -0.411. The molecule has 5 heteroatoms. The predicted molar refractivity (Wildman–Crippen MR) is 68.9 cm³/mol. The second-order valence-corrected chi connectivity index (χ2v) is 7.45. The Balaban J connectivity index is 2.19. The molecule has 0 atom stereocenters. The van der Waals surface area contributed by atoms with Crippen molar-refractivity contribution in [3.05, 3.63) is 5.82 Å². The minimum Gasteiger partial charge on any atom is -0.389 e. The fourth-order valence-electron chi connectivity index (χ4n) is 4.08. The standard InChI is InChI=1S/C13H24N4O/c1-11(2)7-12(3,4)9-13(18,8-11)6-10-14-16-17(5)15-10/h18H,6-9H2,1-5H3. The summed E-state index contributed by atoms with van der Waals surface area (Å²) in [6.07, 6.45) is 3.22. The van der Waals surface area contributed by atoms with Crippen molar-refractivity contribution in [3.63, 3.8) is 0 Å². The van der Waals surface area contributed by atoms with Crippen molar-refractivity contribution in [2.45, 2.75) is 59.0 Å². The molecule has 0 saturated heterocycles. The second-order valence-electron chi connectivity index (χ2n) is 7.45. The third-order valence-electron chi connectivity index (χ3n) is 3.61. The van der Waals surface area contributed by atoms with Gasteiger partial charge < -0.3 is 5.11 Å². The Hall–Kier alpha value is -0.970. The van der Waals surface area contributed by atoms with Crippen LogP contribution in [0.15, 0.2) is 0 Å². The van der Waals surface area contributed by atoms with Gasteiger partial charge in [-0.2, -0.15) is 4.80 Å². The third-order valence-corrected chi connectivity index (χ3v) is 3.61. The molecule has 18 heavy (non-hydrogen) atoms. The lowest BCUT2D eigenvalue weighted by atomic mass is 9.59. The highest BCUT2D eigenvalue weighted by atomic mass is 16.3. The number of hydrogen-bond donors (Lipinski definition) is 1. The Morgan fingerprint density at radius 2 is 1.67 bits per heavy atom. The van der Waals surface area contributed by atoms with Crippen LogP contribution in [0, 0.1) is 10.8 Å². The van der Waals surface area contributed by atoms with E-state index in [1.807, 2.05) is 0 Å². The highest BCUT2D eigenvalue weighted by Gasteiger charge is 2.46. The summed E-state index contributed by atoms with van der Waals surface area (Å²) in [4.78, 5) is 1.44. The third kappa shape index (κ3) is 3.07. The number of aromatic nitrogens is 4. The quantitative estimate of drug-likeness (QED) is 0.870. The molecule has 1 aromatic rings. The largest absolute Gasteiger partial charge is 0.389 e. The minimum absolute atomic E-state index is 0.151. The van der Waals surface area contributed by atoms with Crippen LogP contribution in [0.2, 0.25) is 0 Å². The predicted octanol–water partition coefficient (Wildman–Crippen LogP) is 1.72. The maximum atomic E-state index is 10.9. The van der Waals surface area contributed by atoms with Crippen LogP contribution in [0.4, 0.5) is 0 Å². The van der Waals surface area contributed by atoms with Crippen molar-refractivity contribution < 1.29 is 5.11 Å². The van der Waals surface area contributed by atoms with E-state index in [-0.39, 0.29) is 10.8 Å². The molecule has 5 nitrogen and oxygen atoms in total. The number of aliphatic hydroxyl groups is 1. The van der Waals surface area contributed by atoms with E-state index in [0.717, 1.165) is 19.3 Å². The van der Waals surface area contributed by atoms with E-state index in [1.54, 1.807) is 7.05 Å². The van der Waals surface area contributed by atoms with Crippen LogP contribution in [-0.2, 0) is 13.5 Å². The van der Waals surface area contributed by atoms with E-state index in [1.165, 1.54) is 4.80 Å². The van der Waals surface area contributed by atoms with Crippen molar-refractivity contribution >= 4 is 0 Å². The molecule has 1 saturated carbocycles. The van der Waals surface area contributed by atoms with Gasteiger partial charge in [0.05, 0.1) is 12.6 Å². The molecule has 0 spiro atoms. The molecule has 0 amide bonds. The van der Waals surface area contributed by atoms with E-state index < -0.39 is 5.60 Å². The second kappa shape index (κ2) is 4.02. The molecule has 1 fully saturated rings. The zero-order valence-corrected chi connectivity index (χ0v) is 12.1. The Bertz CT molecular complexity index is 420. The number of nitrogens with zero attached hydrogens (tertiary/aromatic N) is 4. The topological polar surface area (TPSA) is 63.8 Å². The lowest BCUT2D eigenvalue weighted by Crippen LogP contribution is -2.47. The Kier molecular flexibility index (Phi) is 3.00. The van der Waals surface area contributed by atoms with E-state index in [2.05, 4.69) is 43.1 Å². The molecule has 102 valence electrons. The molecule has 1 aliphatic carbocycles. The van der Waals surface area contributed by atoms with Gasteiger partial charge in [-0.3, -0.25) is 0 Å². The summed E-state index contributed by atoms with van der Waals surface area (Å²) in [5.74, 6) is 0.633. The summed E-state index contributed by atoms with van der Waals surface area (Å²) >= 11 is 0. The van der Waals surface area contributed by atoms with Gasteiger partial charge in [0, 0.05) is 6.42 Å². The van der Waals surface area contributed by atoms with E-state index in [4.69, 9.17) is 0 Å². The van der Waals surface area contributed by atoms with Crippen LogP contribution in [0.1, 0.15) is 52.8 Å². The van der Waals surface area contributed by atoms with Crippen LogP contribution in [-0.4, -0.2) is 30.9 Å². The Morgan fingerprint density at radius 1 is 1.11 bits per heavy atom. The molecule has 0 bridgehead atoms. The maximum Gasteiger partial charge on any atom is 0.177 e. The summed E-state index contributed by atoms with van der Waals surface area (Å²) < 4.78 is 0. The molecule has 0 aliphatic heterocycles. The van der Waals surface area contributed by atoms with Gasteiger partial charge in [-0.1, -0.05) is 27.7 Å². The smallest absolute Gasteiger partial charge is 0.177 e.